The Balaban J connectivity index is 2.27. The summed E-state index contributed by atoms with van der Waals surface area (Å²) in [5.74, 6) is -1.13. The van der Waals surface area contributed by atoms with Crippen molar-refractivity contribution in [1.82, 2.24) is 20.9 Å². The molecule has 9 heteroatoms. The molecule has 1 heterocycles. The van der Waals surface area contributed by atoms with Crippen molar-refractivity contribution >= 4 is 11.8 Å². The zero-order valence-electron chi connectivity index (χ0n) is 17.1. The second-order valence-corrected chi connectivity index (χ2v) is 7.30. The van der Waals surface area contributed by atoms with Crippen LogP contribution in [0.3, 0.4) is 0 Å². The number of hydroxylamine groups is 1. The quantitative estimate of drug-likeness (QED) is 0.408. The van der Waals surface area contributed by atoms with Crippen LogP contribution in [0, 0.1) is 18.8 Å². The molecule has 0 unspecified atom stereocenters. The molecule has 1 aromatic carbocycles. The average Bonchev–Trinajstić information content (AvgIpc) is 3.13. The van der Waals surface area contributed by atoms with Crippen LogP contribution in [0.1, 0.15) is 43.6 Å². The standard InChI is InChI=1S/C20H28N4O5/c1-12(2)10-15(17(28-4)19(26)23-27)18(25)22-16(20-21-13(3)24-29-20)11-14-8-6-5-7-9-14/h5-9,12,15-17,27H,10-11H2,1-4H3,(H,22,25)(H,23,26)/t15-,16+,17+/m1/s1. The molecule has 1 aromatic heterocycles. The monoisotopic (exact) mass is 404 g/mol. The molecule has 3 N–H and O–H groups in total. The fraction of sp³-hybridized carbons (Fsp3) is 0.500. The molecule has 158 valence electrons. The maximum atomic E-state index is 13.1. The van der Waals surface area contributed by atoms with Crippen LogP contribution in [0.15, 0.2) is 34.9 Å². The van der Waals surface area contributed by atoms with Crippen LogP contribution >= 0.6 is 0 Å². The largest absolute Gasteiger partial charge is 0.371 e. The Kier molecular flexibility index (Phi) is 8.29. The highest BCUT2D eigenvalue weighted by Crippen LogP contribution is 2.22. The molecule has 0 saturated heterocycles. The summed E-state index contributed by atoms with van der Waals surface area (Å²) in [7, 11) is 1.32. The number of amides is 2. The van der Waals surface area contributed by atoms with E-state index in [9.17, 15) is 9.59 Å². The van der Waals surface area contributed by atoms with Crippen molar-refractivity contribution in [2.75, 3.05) is 7.11 Å². The van der Waals surface area contributed by atoms with Gasteiger partial charge in [-0.2, -0.15) is 4.98 Å². The average molecular weight is 404 g/mol. The van der Waals surface area contributed by atoms with Gasteiger partial charge in [0.1, 0.15) is 12.1 Å². The molecule has 2 rings (SSSR count). The van der Waals surface area contributed by atoms with E-state index in [0.717, 1.165) is 5.56 Å². The Morgan fingerprint density at radius 2 is 1.90 bits per heavy atom. The number of aryl methyl sites for hydroxylation is 1. The van der Waals surface area contributed by atoms with Gasteiger partial charge in [-0.1, -0.05) is 49.3 Å². The molecule has 0 saturated carbocycles. The number of benzene rings is 1. The normalized spacial score (nSPS) is 14.3. The van der Waals surface area contributed by atoms with E-state index < -0.39 is 29.9 Å². The van der Waals surface area contributed by atoms with Gasteiger partial charge < -0.3 is 14.6 Å². The van der Waals surface area contributed by atoms with Crippen molar-refractivity contribution in [3.8, 4) is 0 Å². The molecular formula is C20H28N4O5. The van der Waals surface area contributed by atoms with Crippen LogP contribution in [-0.2, 0) is 20.7 Å². The van der Waals surface area contributed by atoms with Gasteiger partial charge in [0.25, 0.3) is 5.91 Å². The minimum absolute atomic E-state index is 0.119. The van der Waals surface area contributed by atoms with Crippen molar-refractivity contribution in [3.63, 3.8) is 0 Å². The number of carbonyl (C=O) groups is 2. The van der Waals surface area contributed by atoms with Gasteiger partial charge in [0.2, 0.25) is 11.8 Å². The molecular weight excluding hydrogens is 376 g/mol. The Morgan fingerprint density at radius 3 is 2.41 bits per heavy atom. The van der Waals surface area contributed by atoms with Crippen LogP contribution in [-0.4, -0.2) is 40.4 Å². The Bertz CT molecular complexity index is 793. The third-order valence-electron chi connectivity index (χ3n) is 4.49. The molecule has 0 aliphatic rings. The number of nitrogens with one attached hydrogen (secondary N) is 2. The predicted octanol–water partition coefficient (Wildman–Crippen LogP) is 1.96. The molecule has 2 amide bonds. The summed E-state index contributed by atoms with van der Waals surface area (Å²) in [4.78, 5) is 29.4. The fourth-order valence-corrected chi connectivity index (χ4v) is 3.18. The lowest BCUT2D eigenvalue weighted by molar-refractivity contribution is -0.149. The number of nitrogens with zero attached hydrogens (tertiary/aromatic N) is 2. The maximum absolute atomic E-state index is 13.1. The molecule has 0 radical (unpaired) electrons. The zero-order valence-corrected chi connectivity index (χ0v) is 17.1. The predicted molar refractivity (Wildman–Crippen MR) is 104 cm³/mol. The number of methoxy groups -OCH3 is 1. The second kappa shape index (κ2) is 10.7. The lowest BCUT2D eigenvalue weighted by Gasteiger charge is -2.26. The Labute approximate surface area is 169 Å². The van der Waals surface area contributed by atoms with E-state index in [-0.39, 0.29) is 11.8 Å². The van der Waals surface area contributed by atoms with E-state index >= 15 is 0 Å². The molecule has 0 aliphatic heterocycles. The summed E-state index contributed by atoms with van der Waals surface area (Å²) in [6.45, 7) is 5.57. The molecule has 0 bridgehead atoms. The summed E-state index contributed by atoms with van der Waals surface area (Å²) in [6.07, 6.45) is -0.310. The first-order valence-corrected chi connectivity index (χ1v) is 9.47. The van der Waals surface area contributed by atoms with Crippen LogP contribution in [0.5, 0.6) is 0 Å². The van der Waals surface area contributed by atoms with Crippen LogP contribution < -0.4 is 10.8 Å². The Morgan fingerprint density at radius 1 is 1.21 bits per heavy atom. The number of aromatic nitrogens is 2. The van der Waals surface area contributed by atoms with E-state index in [0.29, 0.717) is 18.7 Å². The maximum Gasteiger partial charge on any atom is 0.273 e. The highest BCUT2D eigenvalue weighted by molar-refractivity contribution is 5.89. The summed E-state index contributed by atoms with van der Waals surface area (Å²) in [5, 5.41) is 15.7. The third-order valence-corrected chi connectivity index (χ3v) is 4.49. The van der Waals surface area contributed by atoms with Crippen LogP contribution in [0.2, 0.25) is 0 Å². The van der Waals surface area contributed by atoms with Crippen LogP contribution in [0.4, 0.5) is 0 Å². The summed E-state index contributed by atoms with van der Waals surface area (Å²) >= 11 is 0. The number of hydrogen-bond donors (Lipinski definition) is 3. The molecule has 2 aromatic rings. The minimum Gasteiger partial charge on any atom is -0.371 e. The van der Waals surface area contributed by atoms with Gasteiger partial charge in [-0.3, -0.25) is 14.8 Å². The number of rotatable bonds is 10. The van der Waals surface area contributed by atoms with Crippen LogP contribution in [0.25, 0.3) is 0 Å². The minimum atomic E-state index is -1.14. The van der Waals surface area contributed by atoms with Gasteiger partial charge in [0, 0.05) is 13.5 Å². The van der Waals surface area contributed by atoms with E-state index in [1.165, 1.54) is 7.11 Å². The SMILES string of the molecule is CO[C@H](C(=O)NO)[C@@H](CC(C)C)C(=O)N[C@@H](Cc1ccccc1)c1nc(C)no1. The topological polar surface area (TPSA) is 127 Å². The third kappa shape index (κ3) is 6.37. The second-order valence-electron chi connectivity index (χ2n) is 7.30. The summed E-state index contributed by atoms with van der Waals surface area (Å²) < 4.78 is 10.5. The molecule has 0 spiro atoms. The van der Waals surface area contributed by atoms with Gasteiger partial charge >= 0.3 is 0 Å². The molecule has 9 nitrogen and oxygen atoms in total. The van der Waals surface area contributed by atoms with E-state index in [2.05, 4.69) is 15.5 Å². The van der Waals surface area contributed by atoms with E-state index in [1.807, 2.05) is 44.2 Å². The first kappa shape index (κ1) is 22.5. The molecule has 0 fully saturated rings. The lowest BCUT2D eigenvalue weighted by atomic mass is 9.90. The first-order valence-electron chi connectivity index (χ1n) is 9.47. The molecule has 3 atom stereocenters. The van der Waals surface area contributed by atoms with Crippen molar-refractivity contribution in [3.05, 3.63) is 47.6 Å². The smallest absolute Gasteiger partial charge is 0.273 e. The van der Waals surface area contributed by atoms with Crippen molar-refractivity contribution in [2.45, 2.75) is 45.8 Å². The first-order chi connectivity index (χ1) is 13.8. The van der Waals surface area contributed by atoms with Gasteiger partial charge in [0.05, 0.1) is 5.92 Å². The van der Waals surface area contributed by atoms with Gasteiger partial charge in [-0.05, 0) is 24.8 Å². The number of hydrogen-bond acceptors (Lipinski definition) is 7. The number of ether oxygens (including phenoxy) is 1. The summed E-state index contributed by atoms with van der Waals surface area (Å²) in [6, 6.07) is 9.01. The number of carbonyl (C=O) groups excluding carboxylic acids is 2. The van der Waals surface area contributed by atoms with E-state index in [1.54, 1.807) is 12.4 Å². The van der Waals surface area contributed by atoms with Gasteiger partial charge in [0.15, 0.2) is 5.82 Å². The summed E-state index contributed by atoms with van der Waals surface area (Å²) in [5.41, 5.74) is 2.55. The fourth-order valence-electron chi connectivity index (χ4n) is 3.18. The zero-order chi connectivity index (χ0) is 21.4. The van der Waals surface area contributed by atoms with Crippen molar-refractivity contribution in [2.24, 2.45) is 11.8 Å². The van der Waals surface area contributed by atoms with Crippen molar-refractivity contribution in [1.29, 1.82) is 0 Å². The van der Waals surface area contributed by atoms with Gasteiger partial charge in [-0.25, -0.2) is 5.48 Å². The Hall–Kier alpha value is -2.78. The van der Waals surface area contributed by atoms with Crippen molar-refractivity contribution < 1.29 is 24.1 Å². The highest BCUT2D eigenvalue weighted by Gasteiger charge is 2.36. The van der Waals surface area contributed by atoms with E-state index in [4.69, 9.17) is 14.5 Å². The highest BCUT2D eigenvalue weighted by atomic mass is 16.5. The lowest BCUT2D eigenvalue weighted by Crippen LogP contribution is -2.47. The van der Waals surface area contributed by atoms with Gasteiger partial charge in [-0.15, -0.1) is 0 Å². The molecule has 29 heavy (non-hydrogen) atoms. The molecule has 0 aliphatic carbocycles.